The minimum atomic E-state index is 0.139. The zero-order chi connectivity index (χ0) is 11.7. The van der Waals surface area contributed by atoms with Crippen LogP contribution in [0.25, 0.3) is 0 Å². The van der Waals surface area contributed by atoms with E-state index in [1.807, 2.05) is 12.4 Å². The second-order valence-electron chi connectivity index (χ2n) is 6.38. The number of hydrogen-bond acceptors (Lipinski definition) is 2. The Bertz CT molecular complexity index is 312. The second kappa shape index (κ2) is 3.92. The van der Waals surface area contributed by atoms with Crippen molar-refractivity contribution in [3.05, 3.63) is 23.8 Å². The molecule has 0 amide bonds. The van der Waals surface area contributed by atoms with Gasteiger partial charge in [-0.3, -0.25) is 0 Å². The van der Waals surface area contributed by atoms with Crippen LogP contribution >= 0.6 is 0 Å². The molecule has 0 saturated carbocycles. The molecule has 0 fully saturated rings. The van der Waals surface area contributed by atoms with Crippen molar-refractivity contribution in [1.82, 2.24) is 9.97 Å². The molecule has 0 unspecified atom stereocenters. The van der Waals surface area contributed by atoms with Crippen molar-refractivity contribution in [3.63, 3.8) is 0 Å². The molecule has 1 aromatic heterocycles. The van der Waals surface area contributed by atoms with E-state index in [1.54, 1.807) is 0 Å². The minimum absolute atomic E-state index is 0.139. The van der Waals surface area contributed by atoms with Gasteiger partial charge >= 0.3 is 0 Å². The van der Waals surface area contributed by atoms with Crippen LogP contribution in [0, 0.1) is 5.41 Å². The van der Waals surface area contributed by atoms with E-state index in [4.69, 9.17) is 0 Å². The molecule has 0 saturated heterocycles. The van der Waals surface area contributed by atoms with Gasteiger partial charge in [-0.2, -0.15) is 0 Å². The van der Waals surface area contributed by atoms with Gasteiger partial charge in [0.2, 0.25) is 0 Å². The van der Waals surface area contributed by atoms with E-state index < -0.39 is 0 Å². The zero-order valence-electron chi connectivity index (χ0n) is 10.8. The predicted molar refractivity (Wildman–Crippen MR) is 63.9 cm³/mol. The van der Waals surface area contributed by atoms with Gasteiger partial charge in [-0.25, -0.2) is 9.97 Å². The Balaban J connectivity index is 2.82. The highest BCUT2D eigenvalue weighted by Gasteiger charge is 2.16. The third-order valence-corrected chi connectivity index (χ3v) is 2.26. The van der Waals surface area contributed by atoms with E-state index in [-0.39, 0.29) is 10.8 Å². The Kier molecular flexibility index (Phi) is 3.17. The van der Waals surface area contributed by atoms with Crippen molar-refractivity contribution < 1.29 is 0 Å². The molecular formula is C13H22N2. The normalized spacial score (nSPS) is 12.9. The van der Waals surface area contributed by atoms with Crippen LogP contribution in [0.1, 0.15) is 52.9 Å². The summed E-state index contributed by atoms with van der Waals surface area (Å²) in [6.45, 7) is 13.1. The fourth-order valence-corrected chi connectivity index (χ4v) is 1.31. The van der Waals surface area contributed by atoms with E-state index in [0.29, 0.717) is 0 Å². The molecule has 15 heavy (non-hydrogen) atoms. The predicted octanol–water partition coefficient (Wildman–Crippen LogP) is 3.36. The highest BCUT2D eigenvalue weighted by molar-refractivity contribution is 5.15. The van der Waals surface area contributed by atoms with Gasteiger partial charge in [0, 0.05) is 18.8 Å². The van der Waals surface area contributed by atoms with Crippen molar-refractivity contribution in [3.8, 4) is 0 Å². The lowest BCUT2D eigenvalue weighted by atomic mass is 9.89. The molecule has 0 aliphatic heterocycles. The van der Waals surface area contributed by atoms with Gasteiger partial charge in [-0.15, -0.1) is 0 Å². The molecule has 0 aliphatic rings. The third-order valence-electron chi connectivity index (χ3n) is 2.26. The van der Waals surface area contributed by atoms with E-state index >= 15 is 0 Å². The van der Waals surface area contributed by atoms with Gasteiger partial charge in [0.15, 0.2) is 0 Å². The van der Waals surface area contributed by atoms with Gasteiger partial charge in [-0.05, 0) is 16.4 Å². The monoisotopic (exact) mass is 206 g/mol. The first-order chi connectivity index (χ1) is 6.68. The summed E-state index contributed by atoms with van der Waals surface area (Å²) in [5.74, 6) is 0.940. The van der Waals surface area contributed by atoms with Crippen molar-refractivity contribution in [2.75, 3.05) is 0 Å². The quantitative estimate of drug-likeness (QED) is 0.704. The van der Waals surface area contributed by atoms with Crippen molar-refractivity contribution in [2.24, 2.45) is 5.41 Å². The smallest absolute Gasteiger partial charge is 0.128 e. The maximum atomic E-state index is 4.42. The van der Waals surface area contributed by atoms with Gasteiger partial charge in [0.25, 0.3) is 0 Å². The summed E-state index contributed by atoms with van der Waals surface area (Å²) in [6.07, 6.45) is 4.83. The Morgan fingerprint density at radius 3 is 1.73 bits per heavy atom. The Hall–Kier alpha value is -0.920. The van der Waals surface area contributed by atoms with Crippen LogP contribution in [0.2, 0.25) is 0 Å². The van der Waals surface area contributed by atoms with Gasteiger partial charge in [0.1, 0.15) is 5.82 Å². The molecule has 0 aliphatic carbocycles. The number of hydrogen-bond donors (Lipinski definition) is 0. The summed E-state index contributed by atoms with van der Waals surface area (Å²) in [5.41, 5.74) is 1.59. The first-order valence-electron chi connectivity index (χ1n) is 5.50. The van der Waals surface area contributed by atoms with Crippen molar-refractivity contribution >= 4 is 0 Å². The van der Waals surface area contributed by atoms with Crippen LogP contribution in [-0.2, 0) is 11.8 Å². The zero-order valence-corrected chi connectivity index (χ0v) is 10.8. The number of nitrogens with zero attached hydrogens (tertiary/aromatic N) is 2. The van der Waals surface area contributed by atoms with Gasteiger partial charge in [-0.1, -0.05) is 41.5 Å². The largest absolute Gasteiger partial charge is 0.241 e. The van der Waals surface area contributed by atoms with Gasteiger partial charge in [0.05, 0.1) is 0 Å². The van der Waals surface area contributed by atoms with E-state index in [2.05, 4.69) is 51.5 Å². The molecule has 0 radical (unpaired) electrons. The molecule has 1 heterocycles. The fraction of sp³-hybridized carbons (Fsp3) is 0.692. The summed E-state index contributed by atoms with van der Waals surface area (Å²) in [4.78, 5) is 8.84. The van der Waals surface area contributed by atoms with Crippen LogP contribution < -0.4 is 0 Å². The SMILES string of the molecule is CC(C)(C)Cc1ncc(C(C)(C)C)cn1. The highest BCUT2D eigenvalue weighted by atomic mass is 14.9. The van der Waals surface area contributed by atoms with E-state index in [0.717, 1.165) is 12.2 Å². The molecule has 0 spiro atoms. The van der Waals surface area contributed by atoms with Crippen LogP contribution in [0.3, 0.4) is 0 Å². The molecule has 2 heteroatoms. The van der Waals surface area contributed by atoms with E-state index in [1.165, 1.54) is 5.56 Å². The second-order valence-corrected chi connectivity index (χ2v) is 6.38. The molecule has 0 atom stereocenters. The van der Waals surface area contributed by atoms with Crippen LogP contribution in [-0.4, -0.2) is 9.97 Å². The number of aromatic nitrogens is 2. The lowest BCUT2D eigenvalue weighted by molar-refractivity contribution is 0.400. The standard InChI is InChI=1S/C13H22N2/c1-12(2,3)7-11-14-8-10(9-15-11)13(4,5)6/h8-9H,7H2,1-6H3. The van der Waals surface area contributed by atoms with Crippen LogP contribution in [0.5, 0.6) is 0 Å². The summed E-state index contributed by atoms with van der Waals surface area (Å²) in [5, 5.41) is 0. The molecule has 84 valence electrons. The Labute approximate surface area is 93.2 Å². The topological polar surface area (TPSA) is 25.8 Å². The summed E-state index contributed by atoms with van der Waals surface area (Å²) in [6, 6.07) is 0. The molecule has 1 aromatic rings. The average molecular weight is 206 g/mol. The molecule has 1 rings (SSSR count). The number of rotatable bonds is 1. The molecule has 0 aromatic carbocycles. The molecule has 2 nitrogen and oxygen atoms in total. The summed E-state index contributed by atoms with van der Waals surface area (Å²) < 4.78 is 0. The van der Waals surface area contributed by atoms with Crippen molar-refractivity contribution in [1.29, 1.82) is 0 Å². The Morgan fingerprint density at radius 1 is 0.933 bits per heavy atom. The molecule has 0 bridgehead atoms. The molecular weight excluding hydrogens is 184 g/mol. The molecule has 0 N–H and O–H groups in total. The maximum absolute atomic E-state index is 4.42. The maximum Gasteiger partial charge on any atom is 0.128 e. The minimum Gasteiger partial charge on any atom is -0.241 e. The first kappa shape index (κ1) is 12.2. The average Bonchev–Trinajstić information content (AvgIpc) is 2.00. The Morgan fingerprint density at radius 2 is 1.40 bits per heavy atom. The van der Waals surface area contributed by atoms with Crippen LogP contribution in [0.15, 0.2) is 12.4 Å². The van der Waals surface area contributed by atoms with Gasteiger partial charge < -0.3 is 0 Å². The summed E-state index contributed by atoms with van der Waals surface area (Å²) >= 11 is 0. The van der Waals surface area contributed by atoms with E-state index in [9.17, 15) is 0 Å². The summed E-state index contributed by atoms with van der Waals surface area (Å²) in [7, 11) is 0. The highest BCUT2D eigenvalue weighted by Crippen LogP contribution is 2.22. The first-order valence-corrected chi connectivity index (χ1v) is 5.50. The fourth-order valence-electron chi connectivity index (χ4n) is 1.31. The lowest BCUT2D eigenvalue weighted by Crippen LogP contribution is -2.15. The van der Waals surface area contributed by atoms with Crippen LogP contribution in [0.4, 0.5) is 0 Å². The third kappa shape index (κ3) is 3.98. The lowest BCUT2D eigenvalue weighted by Gasteiger charge is -2.20. The van der Waals surface area contributed by atoms with Crippen molar-refractivity contribution in [2.45, 2.75) is 53.4 Å².